The van der Waals surface area contributed by atoms with E-state index in [1.165, 1.54) is 0 Å². The molecule has 2 aliphatic rings. The smallest absolute Gasteiger partial charge is 0.317 e. The van der Waals surface area contributed by atoms with Gasteiger partial charge in [0.05, 0.1) is 30.5 Å². The van der Waals surface area contributed by atoms with Crippen LogP contribution in [-0.2, 0) is 4.74 Å². The molecule has 3 rings (SSSR count). The molecule has 0 aliphatic carbocycles. The van der Waals surface area contributed by atoms with Crippen molar-refractivity contribution in [3.8, 4) is 0 Å². The van der Waals surface area contributed by atoms with Crippen LogP contribution in [0.25, 0.3) is 0 Å². The van der Waals surface area contributed by atoms with Gasteiger partial charge in [0.15, 0.2) is 0 Å². The van der Waals surface area contributed by atoms with E-state index in [0.29, 0.717) is 13.2 Å². The largest absolute Gasteiger partial charge is 0.371 e. The van der Waals surface area contributed by atoms with Gasteiger partial charge in [-0.2, -0.15) is 5.10 Å². The topological polar surface area (TPSA) is 79.4 Å². The van der Waals surface area contributed by atoms with E-state index in [2.05, 4.69) is 20.8 Å². The van der Waals surface area contributed by atoms with Crippen molar-refractivity contribution in [2.75, 3.05) is 25.0 Å². The highest BCUT2D eigenvalue weighted by atomic mass is 16.5. The maximum Gasteiger partial charge on any atom is 0.317 e. The molecule has 7 nitrogen and oxygen atoms in total. The summed E-state index contributed by atoms with van der Waals surface area (Å²) >= 11 is 0. The number of aromatic nitrogens is 2. The van der Waals surface area contributed by atoms with Crippen LogP contribution in [0.4, 0.5) is 10.6 Å². The number of anilines is 1. The van der Waals surface area contributed by atoms with Crippen molar-refractivity contribution in [2.45, 2.75) is 51.3 Å². The molecule has 23 heavy (non-hydrogen) atoms. The summed E-state index contributed by atoms with van der Waals surface area (Å²) in [5.41, 5.74) is 0.682. The maximum absolute atomic E-state index is 12.1. The number of carbonyl (C=O) groups is 1. The average Bonchev–Trinajstić information content (AvgIpc) is 3.09. The van der Waals surface area contributed by atoms with E-state index in [4.69, 9.17) is 4.74 Å². The molecule has 7 heteroatoms. The molecule has 0 saturated carbocycles. The van der Waals surface area contributed by atoms with Crippen LogP contribution < -0.4 is 10.6 Å². The molecule has 2 aliphatic heterocycles. The fraction of sp³-hybridized carbons (Fsp3) is 0.688. The molecule has 2 amide bonds. The third kappa shape index (κ3) is 3.72. The first-order valence-electron chi connectivity index (χ1n) is 8.22. The summed E-state index contributed by atoms with van der Waals surface area (Å²) in [6.45, 7) is 7.89. The molecule has 2 fully saturated rings. The molecule has 126 valence electrons. The van der Waals surface area contributed by atoms with Gasteiger partial charge in [-0.15, -0.1) is 5.10 Å². The molecule has 1 aromatic heterocycles. The molecular weight excluding hydrogens is 294 g/mol. The Hall–Kier alpha value is -1.89. The maximum atomic E-state index is 12.1. The van der Waals surface area contributed by atoms with E-state index in [1.54, 1.807) is 0 Å². The molecule has 1 spiro atoms. The number of rotatable bonds is 3. The number of hydrogen-bond donors (Lipinski definition) is 2. The van der Waals surface area contributed by atoms with Crippen molar-refractivity contribution in [1.82, 2.24) is 20.4 Å². The van der Waals surface area contributed by atoms with Crippen molar-refractivity contribution in [1.29, 1.82) is 0 Å². The summed E-state index contributed by atoms with van der Waals surface area (Å²) < 4.78 is 6.06. The van der Waals surface area contributed by atoms with Gasteiger partial charge in [0.25, 0.3) is 0 Å². The van der Waals surface area contributed by atoms with E-state index in [-0.39, 0.29) is 23.7 Å². The molecule has 1 aromatic rings. The first-order chi connectivity index (χ1) is 11.0. The Labute approximate surface area is 136 Å². The highest BCUT2D eigenvalue weighted by Crippen LogP contribution is 2.36. The lowest BCUT2D eigenvalue weighted by Gasteiger charge is -2.24. The van der Waals surface area contributed by atoms with Crippen LogP contribution in [0.1, 0.15) is 32.4 Å². The van der Waals surface area contributed by atoms with E-state index in [0.717, 1.165) is 30.9 Å². The second kappa shape index (κ2) is 6.31. The first-order valence-corrected chi connectivity index (χ1v) is 8.22. The average molecular weight is 319 g/mol. The number of amides is 2. The van der Waals surface area contributed by atoms with Gasteiger partial charge in [0.1, 0.15) is 5.82 Å². The van der Waals surface area contributed by atoms with E-state index in [1.807, 2.05) is 37.8 Å². The summed E-state index contributed by atoms with van der Waals surface area (Å²) in [6.07, 6.45) is 1.77. The van der Waals surface area contributed by atoms with Gasteiger partial charge in [-0.25, -0.2) is 4.79 Å². The predicted molar refractivity (Wildman–Crippen MR) is 87.3 cm³/mol. The lowest BCUT2D eigenvalue weighted by Crippen LogP contribution is -2.44. The third-order valence-corrected chi connectivity index (χ3v) is 4.37. The van der Waals surface area contributed by atoms with Gasteiger partial charge >= 0.3 is 6.03 Å². The summed E-state index contributed by atoms with van der Waals surface area (Å²) in [4.78, 5) is 14.0. The first kappa shape index (κ1) is 16.0. The van der Waals surface area contributed by atoms with Crippen LogP contribution >= 0.6 is 0 Å². The molecule has 0 bridgehead atoms. The standard InChI is InChI=1S/C16H25N5O2/c1-11(2)17-15(22)21-7-6-16(10-21)8-13(9-23-16)18-14-5-4-12(3)19-20-14/h4-5,11,13H,6-10H2,1-3H3,(H,17,22)(H,18,20). The van der Waals surface area contributed by atoms with Gasteiger partial charge in [-0.1, -0.05) is 0 Å². The fourth-order valence-electron chi connectivity index (χ4n) is 3.26. The second-order valence-corrected chi connectivity index (χ2v) is 6.88. The van der Waals surface area contributed by atoms with Crippen LogP contribution in [-0.4, -0.2) is 58.5 Å². The van der Waals surface area contributed by atoms with Crippen molar-refractivity contribution < 1.29 is 9.53 Å². The summed E-state index contributed by atoms with van der Waals surface area (Å²) in [6, 6.07) is 4.23. The minimum absolute atomic E-state index is 0.00119. The van der Waals surface area contributed by atoms with Gasteiger partial charge in [0, 0.05) is 19.0 Å². The Kier molecular flexibility index (Phi) is 4.39. The van der Waals surface area contributed by atoms with Crippen LogP contribution in [0.2, 0.25) is 0 Å². The molecular formula is C16H25N5O2. The molecule has 0 radical (unpaired) electrons. The van der Waals surface area contributed by atoms with E-state index in [9.17, 15) is 4.79 Å². The summed E-state index contributed by atoms with van der Waals surface area (Å²) in [7, 11) is 0. The minimum atomic E-state index is -0.218. The van der Waals surface area contributed by atoms with Crippen molar-refractivity contribution in [3.63, 3.8) is 0 Å². The number of nitrogens with one attached hydrogen (secondary N) is 2. The number of nitrogens with zero attached hydrogens (tertiary/aromatic N) is 3. The normalized spacial score (nSPS) is 27.0. The van der Waals surface area contributed by atoms with E-state index < -0.39 is 0 Å². The monoisotopic (exact) mass is 319 g/mol. The molecule has 2 unspecified atom stereocenters. The lowest BCUT2D eigenvalue weighted by molar-refractivity contribution is 0.0150. The third-order valence-electron chi connectivity index (χ3n) is 4.37. The summed E-state index contributed by atoms with van der Waals surface area (Å²) in [5.74, 6) is 0.772. The van der Waals surface area contributed by atoms with Gasteiger partial charge < -0.3 is 20.3 Å². The Balaban J connectivity index is 1.55. The van der Waals surface area contributed by atoms with Crippen LogP contribution in [0, 0.1) is 6.92 Å². The van der Waals surface area contributed by atoms with Crippen molar-refractivity contribution in [3.05, 3.63) is 17.8 Å². The van der Waals surface area contributed by atoms with Crippen molar-refractivity contribution >= 4 is 11.8 Å². The number of urea groups is 1. The molecule has 2 atom stereocenters. The second-order valence-electron chi connectivity index (χ2n) is 6.88. The van der Waals surface area contributed by atoms with Crippen LogP contribution in [0.3, 0.4) is 0 Å². The van der Waals surface area contributed by atoms with E-state index >= 15 is 0 Å². The highest BCUT2D eigenvalue weighted by molar-refractivity contribution is 5.75. The number of carbonyl (C=O) groups excluding carboxylic acids is 1. The van der Waals surface area contributed by atoms with Crippen LogP contribution in [0.15, 0.2) is 12.1 Å². The molecule has 0 aromatic carbocycles. The SMILES string of the molecule is Cc1ccc(NC2COC3(CCN(C(=O)NC(C)C)C3)C2)nn1. The number of hydrogen-bond acceptors (Lipinski definition) is 5. The molecule has 2 N–H and O–H groups in total. The quantitative estimate of drug-likeness (QED) is 0.883. The number of aryl methyl sites for hydroxylation is 1. The number of likely N-dealkylation sites (tertiary alicyclic amines) is 1. The number of ether oxygens (including phenoxy) is 1. The Morgan fingerprint density at radius 2 is 2.26 bits per heavy atom. The van der Waals surface area contributed by atoms with Crippen LogP contribution in [0.5, 0.6) is 0 Å². The fourth-order valence-corrected chi connectivity index (χ4v) is 3.26. The molecule has 3 heterocycles. The zero-order valence-corrected chi connectivity index (χ0v) is 14.0. The predicted octanol–water partition coefficient (Wildman–Crippen LogP) is 1.55. The lowest BCUT2D eigenvalue weighted by atomic mass is 9.97. The Morgan fingerprint density at radius 1 is 1.43 bits per heavy atom. The highest BCUT2D eigenvalue weighted by Gasteiger charge is 2.46. The zero-order valence-electron chi connectivity index (χ0n) is 14.0. The zero-order chi connectivity index (χ0) is 16.4. The van der Waals surface area contributed by atoms with Gasteiger partial charge in [-0.05, 0) is 39.3 Å². The van der Waals surface area contributed by atoms with Gasteiger partial charge in [-0.3, -0.25) is 0 Å². The Bertz CT molecular complexity index is 562. The minimum Gasteiger partial charge on any atom is -0.371 e. The summed E-state index contributed by atoms with van der Waals surface area (Å²) in [5, 5.41) is 14.5. The molecule has 2 saturated heterocycles. The Morgan fingerprint density at radius 3 is 2.96 bits per heavy atom. The van der Waals surface area contributed by atoms with Gasteiger partial charge in [0.2, 0.25) is 0 Å². The van der Waals surface area contributed by atoms with Crippen molar-refractivity contribution in [2.24, 2.45) is 0 Å².